The third kappa shape index (κ3) is 4.22. The van der Waals surface area contributed by atoms with E-state index >= 15 is 0 Å². The molecule has 0 atom stereocenters. The first-order valence-corrected chi connectivity index (χ1v) is 10.8. The summed E-state index contributed by atoms with van der Waals surface area (Å²) in [6.07, 6.45) is 3.47. The van der Waals surface area contributed by atoms with Crippen LogP contribution in [0.25, 0.3) is 10.2 Å². The molecule has 2 heterocycles. The molecule has 0 aliphatic carbocycles. The minimum absolute atomic E-state index is 0.142. The lowest BCUT2D eigenvalue weighted by molar-refractivity contribution is 0.0985. The molecule has 2 aromatic carbocycles. The Labute approximate surface area is 190 Å². The van der Waals surface area contributed by atoms with Gasteiger partial charge in [-0.25, -0.2) is 4.98 Å². The Hall–Kier alpha value is -3.65. The third-order valence-electron chi connectivity index (χ3n) is 5.07. The maximum Gasteiger partial charge on any atom is 0.260 e. The number of thiazole rings is 1. The Bertz CT molecular complexity index is 1180. The number of anilines is 2. The Morgan fingerprint density at radius 3 is 2.34 bits per heavy atom. The van der Waals surface area contributed by atoms with Crippen LogP contribution in [0.4, 0.5) is 10.8 Å². The van der Waals surface area contributed by atoms with Crippen molar-refractivity contribution in [3.63, 3.8) is 0 Å². The van der Waals surface area contributed by atoms with Crippen LogP contribution in [0, 0.1) is 0 Å². The van der Waals surface area contributed by atoms with E-state index in [1.165, 1.54) is 11.3 Å². The van der Waals surface area contributed by atoms with Gasteiger partial charge in [0.2, 0.25) is 0 Å². The van der Waals surface area contributed by atoms with Crippen molar-refractivity contribution in [1.29, 1.82) is 0 Å². The maximum atomic E-state index is 13.6. The van der Waals surface area contributed by atoms with E-state index in [-0.39, 0.29) is 5.91 Å². The summed E-state index contributed by atoms with van der Waals surface area (Å²) in [6, 6.07) is 15.0. The minimum Gasteiger partial charge on any atom is -0.495 e. The minimum atomic E-state index is -0.142. The van der Waals surface area contributed by atoms with Gasteiger partial charge in [0.05, 0.1) is 20.8 Å². The van der Waals surface area contributed by atoms with Crippen LogP contribution < -0.4 is 19.3 Å². The molecule has 4 aromatic rings. The maximum absolute atomic E-state index is 13.6. The van der Waals surface area contributed by atoms with E-state index in [4.69, 9.17) is 14.5 Å². The molecule has 7 nitrogen and oxygen atoms in total. The number of hydrogen-bond donors (Lipinski definition) is 0. The summed E-state index contributed by atoms with van der Waals surface area (Å²) >= 11 is 1.40. The van der Waals surface area contributed by atoms with Crippen LogP contribution in [0.5, 0.6) is 11.5 Å². The van der Waals surface area contributed by atoms with Gasteiger partial charge in [-0.1, -0.05) is 17.4 Å². The number of pyridine rings is 1. The molecule has 4 rings (SSSR count). The number of aromatic nitrogens is 2. The number of rotatable bonds is 7. The Balaban J connectivity index is 1.80. The molecule has 32 heavy (non-hydrogen) atoms. The van der Waals surface area contributed by atoms with Gasteiger partial charge >= 0.3 is 0 Å². The molecule has 0 fully saturated rings. The number of benzene rings is 2. The van der Waals surface area contributed by atoms with Crippen molar-refractivity contribution in [3.8, 4) is 11.5 Å². The average Bonchev–Trinajstić information content (AvgIpc) is 3.27. The number of fused-ring (bicyclic) bond motifs is 1. The fourth-order valence-electron chi connectivity index (χ4n) is 3.35. The quantitative estimate of drug-likeness (QED) is 0.411. The molecule has 164 valence electrons. The zero-order valence-corrected chi connectivity index (χ0v) is 19.2. The second-order valence-corrected chi connectivity index (χ2v) is 8.32. The summed E-state index contributed by atoms with van der Waals surface area (Å²) < 4.78 is 11.8. The van der Waals surface area contributed by atoms with Gasteiger partial charge in [-0.2, -0.15) is 0 Å². The summed E-state index contributed by atoms with van der Waals surface area (Å²) in [5.74, 6) is 1.18. The molecule has 0 spiro atoms. The van der Waals surface area contributed by atoms with Gasteiger partial charge in [-0.3, -0.25) is 14.7 Å². The number of ether oxygens (including phenoxy) is 2. The van der Waals surface area contributed by atoms with Crippen molar-refractivity contribution >= 4 is 38.3 Å². The van der Waals surface area contributed by atoms with Crippen LogP contribution in [0.2, 0.25) is 0 Å². The summed E-state index contributed by atoms with van der Waals surface area (Å²) in [5, 5.41) is 0.563. The zero-order valence-electron chi connectivity index (χ0n) is 18.4. The monoisotopic (exact) mass is 448 g/mol. The van der Waals surface area contributed by atoms with Gasteiger partial charge in [0.25, 0.3) is 5.91 Å². The second-order valence-electron chi connectivity index (χ2n) is 7.34. The fraction of sp³-hybridized carbons (Fsp3) is 0.208. The first kappa shape index (κ1) is 21.6. The molecular weight excluding hydrogens is 424 g/mol. The van der Waals surface area contributed by atoms with Crippen LogP contribution in [-0.2, 0) is 6.54 Å². The van der Waals surface area contributed by atoms with Gasteiger partial charge in [-0.15, -0.1) is 0 Å². The summed E-state index contributed by atoms with van der Waals surface area (Å²) in [5.41, 5.74) is 3.18. The predicted molar refractivity (Wildman–Crippen MR) is 128 cm³/mol. The fourth-order valence-corrected chi connectivity index (χ4v) is 4.42. The van der Waals surface area contributed by atoms with E-state index in [0.29, 0.717) is 34.3 Å². The topological polar surface area (TPSA) is 67.8 Å². The first-order chi connectivity index (χ1) is 15.5. The second kappa shape index (κ2) is 9.23. The first-order valence-electron chi connectivity index (χ1n) is 10.0. The van der Waals surface area contributed by atoms with Crippen molar-refractivity contribution in [2.75, 3.05) is 38.1 Å². The molecule has 8 heteroatoms. The van der Waals surface area contributed by atoms with Crippen molar-refractivity contribution < 1.29 is 14.3 Å². The van der Waals surface area contributed by atoms with Gasteiger partial charge in [0, 0.05) is 37.7 Å². The zero-order chi connectivity index (χ0) is 22.7. The van der Waals surface area contributed by atoms with Gasteiger partial charge in [-0.05, 0) is 48.0 Å². The molecule has 2 aromatic heterocycles. The van der Waals surface area contributed by atoms with Crippen LogP contribution in [0.15, 0.2) is 60.9 Å². The predicted octanol–water partition coefficient (Wildman–Crippen LogP) is 4.62. The highest BCUT2D eigenvalue weighted by Gasteiger charge is 2.24. The van der Waals surface area contributed by atoms with Gasteiger partial charge in [0.15, 0.2) is 5.13 Å². The SMILES string of the molecule is COc1ccc(OC)c2sc(N(Cc3cccnc3)C(=O)c3ccc(N(C)C)cc3)nc12. The molecular formula is C24H24N4O3S. The number of methoxy groups -OCH3 is 2. The van der Waals surface area contributed by atoms with Crippen LogP contribution in [-0.4, -0.2) is 44.2 Å². The highest BCUT2D eigenvalue weighted by atomic mass is 32.1. The Morgan fingerprint density at radius 1 is 1.00 bits per heavy atom. The molecule has 0 bridgehead atoms. The molecule has 0 N–H and O–H groups in total. The lowest BCUT2D eigenvalue weighted by Crippen LogP contribution is -2.30. The van der Waals surface area contributed by atoms with Gasteiger partial charge in [0.1, 0.15) is 21.7 Å². The summed E-state index contributed by atoms with van der Waals surface area (Å²) in [7, 11) is 7.15. The van der Waals surface area contributed by atoms with Crippen molar-refractivity contribution in [2.24, 2.45) is 0 Å². The number of hydrogen-bond acceptors (Lipinski definition) is 7. The molecule has 0 saturated heterocycles. The van der Waals surface area contributed by atoms with E-state index in [1.807, 2.05) is 67.5 Å². The van der Waals surface area contributed by atoms with Crippen LogP contribution >= 0.6 is 11.3 Å². The number of carbonyl (C=O) groups excluding carboxylic acids is 1. The van der Waals surface area contributed by atoms with E-state index in [0.717, 1.165) is 16.0 Å². The number of carbonyl (C=O) groups is 1. The van der Waals surface area contributed by atoms with Crippen molar-refractivity contribution in [2.45, 2.75) is 6.54 Å². The van der Waals surface area contributed by atoms with Crippen molar-refractivity contribution in [1.82, 2.24) is 9.97 Å². The Kier molecular flexibility index (Phi) is 6.23. The highest BCUT2D eigenvalue weighted by Crippen LogP contribution is 2.40. The van der Waals surface area contributed by atoms with Crippen LogP contribution in [0.3, 0.4) is 0 Å². The largest absolute Gasteiger partial charge is 0.495 e. The van der Waals surface area contributed by atoms with E-state index < -0.39 is 0 Å². The Morgan fingerprint density at radius 2 is 1.72 bits per heavy atom. The van der Waals surface area contributed by atoms with Gasteiger partial charge < -0.3 is 14.4 Å². The standard InChI is InChI=1S/C24H24N4O3S/c1-27(2)18-9-7-17(8-10-18)23(29)28(15-16-6-5-13-25-14-16)24-26-21-19(30-3)11-12-20(31-4)22(21)32-24/h5-14H,15H2,1-4H3. The third-order valence-corrected chi connectivity index (χ3v) is 6.16. The smallest absolute Gasteiger partial charge is 0.260 e. The molecule has 1 amide bonds. The molecule has 0 aliphatic rings. The summed E-state index contributed by atoms with van der Waals surface area (Å²) in [4.78, 5) is 26.2. The van der Waals surface area contributed by atoms with E-state index in [9.17, 15) is 4.79 Å². The molecule has 0 aliphatic heterocycles. The summed E-state index contributed by atoms with van der Waals surface area (Å²) in [6.45, 7) is 0.340. The normalized spacial score (nSPS) is 10.8. The van der Waals surface area contributed by atoms with E-state index in [2.05, 4.69) is 4.98 Å². The van der Waals surface area contributed by atoms with Crippen LogP contribution in [0.1, 0.15) is 15.9 Å². The average molecular weight is 449 g/mol. The van der Waals surface area contributed by atoms with E-state index in [1.54, 1.807) is 31.5 Å². The lowest BCUT2D eigenvalue weighted by Gasteiger charge is -2.20. The van der Waals surface area contributed by atoms with Crippen molar-refractivity contribution in [3.05, 3.63) is 72.1 Å². The number of amides is 1. The highest BCUT2D eigenvalue weighted by molar-refractivity contribution is 7.22. The molecule has 0 saturated carbocycles. The lowest BCUT2D eigenvalue weighted by atomic mass is 10.1. The molecule has 0 unspecified atom stereocenters. The molecule has 0 radical (unpaired) electrons. The number of nitrogens with zero attached hydrogens (tertiary/aromatic N) is 4.